The van der Waals surface area contributed by atoms with E-state index in [1.165, 1.54) is 0 Å². The number of piperidine rings is 1. The minimum atomic E-state index is -4.42. The van der Waals surface area contributed by atoms with Crippen molar-refractivity contribution in [2.24, 2.45) is 5.92 Å². The Bertz CT molecular complexity index is 732. The van der Waals surface area contributed by atoms with Gasteiger partial charge in [-0.3, -0.25) is 9.78 Å². The van der Waals surface area contributed by atoms with E-state index < -0.39 is 11.7 Å². The molecule has 4 rings (SSSR count). The zero-order chi connectivity index (χ0) is 19.9. The van der Waals surface area contributed by atoms with Gasteiger partial charge in [0.1, 0.15) is 0 Å². The molecule has 2 fully saturated rings. The highest BCUT2D eigenvalue weighted by molar-refractivity contribution is 5.79. The van der Waals surface area contributed by atoms with Crippen LogP contribution in [-0.2, 0) is 23.9 Å². The molecule has 2 atom stereocenters. The number of hydrogen-bond donors (Lipinski definition) is 1. The number of halogens is 3. The fourth-order valence-corrected chi connectivity index (χ4v) is 4.79. The fraction of sp³-hybridized carbons (Fsp3) is 0.700. The summed E-state index contributed by atoms with van der Waals surface area (Å²) in [7, 11) is 0. The molecule has 0 aromatic carbocycles. The summed E-state index contributed by atoms with van der Waals surface area (Å²) in [6.45, 7) is 2.47. The predicted molar refractivity (Wildman–Crippen MR) is 96.3 cm³/mol. The second-order valence-electron chi connectivity index (χ2n) is 8.27. The molecule has 1 aliphatic carbocycles. The lowest BCUT2D eigenvalue weighted by Crippen LogP contribution is -2.43. The van der Waals surface area contributed by atoms with Gasteiger partial charge in [0.15, 0.2) is 0 Å². The number of pyridine rings is 1. The van der Waals surface area contributed by atoms with E-state index in [0.717, 1.165) is 57.5 Å². The van der Waals surface area contributed by atoms with E-state index >= 15 is 0 Å². The third-order valence-corrected chi connectivity index (χ3v) is 6.45. The minimum Gasteiger partial charge on any atom is -0.393 e. The molecule has 1 amide bonds. The first-order valence-corrected chi connectivity index (χ1v) is 10.1. The van der Waals surface area contributed by atoms with Gasteiger partial charge < -0.3 is 14.9 Å². The number of nitrogens with zero attached hydrogens (tertiary/aromatic N) is 3. The van der Waals surface area contributed by atoms with E-state index in [2.05, 4.69) is 9.88 Å². The number of fused-ring (bicyclic) bond motifs is 1. The largest absolute Gasteiger partial charge is 0.417 e. The van der Waals surface area contributed by atoms with Crippen LogP contribution in [-0.4, -0.2) is 57.6 Å². The van der Waals surface area contributed by atoms with Gasteiger partial charge in [0.25, 0.3) is 0 Å². The maximum absolute atomic E-state index is 13.0. The van der Waals surface area contributed by atoms with Crippen LogP contribution in [0.15, 0.2) is 12.3 Å². The molecule has 2 unspecified atom stereocenters. The van der Waals surface area contributed by atoms with Crippen molar-refractivity contribution in [3.05, 3.63) is 29.1 Å². The summed E-state index contributed by atoms with van der Waals surface area (Å²) in [5.74, 6) is -0.000219. The number of rotatable bonds is 2. The van der Waals surface area contributed by atoms with E-state index in [-0.39, 0.29) is 24.5 Å². The Balaban J connectivity index is 1.38. The van der Waals surface area contributed by atoms with Gasteiger partial charge in [-0.15, -0.1) is 0 Å². The van der Waals surface area contributed by atoms with Crippen LogP contribution in [0.4, 0.5) is 13.2 Å². The molecule has 28 heavy (non-hydrogen) atoms. The first-order chi connectivity index (χ1) is 13.3. The van der Waals surface area contributed by atoms with Crippen LogP contribution in [0.2, 0.25) is 0 Å². The highest BCUT2D eigenvalue weighted by Gasteiger charge is 2.38. The lowest BCUT2D eigenvalue weighted by molar-refractivity contribution is -0.138. The molecule has 154 valence electrons. The quantitative estimate of drug-likeness (QED) is 0.834. The van der Waals surface area contributed by atoms with E-state index in [0.29, 0.717) is 30.3 Å². The van der Waals surface area contributed by atoms with Crippen molar-refractivity contribution in [2.45, 2.75) is 63.4 Å². The third kappa shape index (κ3) is 4.03. The van der Waals surface area contributed by atoms with E-state index in [1.807, 2.05) is 0 Å². The third-order valence-electron chi connectivity index (χ3n) is 6.45. The molecule has 1 N–H and O–H groups in total. The van der Waals surface area contributed by atoms with Crippen molar-refractivity contribution in [3.8, 4) is 0 Å². The van der Waals surface area contributed by atoms with Crippen LogP contribution in [0.5, 0.6) is 0 Å². The van der Waals surface area contributed by atoms with E-state index in [4.69, 9.17) is 0 Å². The Hall–Kier alpha value is -1.67. The van der Waals surface area contributed by atoms with Gasteiger partial charge in [0.2, 0.25) is 5.91 Å². The molecule has 1 saturated carbocycles. The molecule has 0 spiro atoms. The van der Waals surface area contributed by atoms with Crippen LogP contribution in [0.25, 0.3) is 0 Å². The topological polar surface area (TPSA) is 56.7 Å². The Morgan fingerprint density at radius 2 is 1.89 bits per heavy atom. The standard InChI is InChI=1S/C20H26F3N3O2/c21-20(22,23)15-9-14-12-26(8-5-18(14)24-11-15)19(28)13-1-2-16(10-13)25-6-3-17(27)4-7-25/h9,11,13,16-17,27H,1-8,10,12H2. The minimum absolute atomic E-state index is 0.0580. The summed E-state index contributed by atoms with van der Waals surface area (Å²) in [4.78, 5) is 21.1. The summed E-state index contributed by atoms with van der Waals surface area (Å²) >= 11 is 0. The molecule has 1 aromatic heterocycles. The van der Waals surface area contributed by atoms with Gasteiger partial charge in [-0.25, -0.2) is 0 Å². The molecule has 8 heteroatoms. The maximum atomic E-state index is 13.0. The average Bonchev–Trinajstić information content (AvgIpc) is 3.16. The average molecular weight is 397 g/mol. The van der Waals surface area contributed by atoms with Crippen molar-refractivity contribution in [3.63, 3.8) is 0 Å². The van der Waals surface area contributed by atoms with Gasteiger partial charge in [-0.05, 0) is 43.7 Å². The Kier molecular flexibility index (Phi) is 5.35. The highest BCUT2D eigenvalue weighted by atomic mass is 19.4. The van der Waals surface area contributed by atoms with Crippen molar-refractivity contribution < 1.29 is 23.1 Å². The molecule has 3 heterocycles. The number of aromatic nitrogens is 1. The monoisotopic (exact) mass is 397 g/mol. The summed E-state index contributed by atoms with van der Waals surface area (Å²) in [5, 5.41) is 9.67. The fourth-order valence-electron chi connectivity index (χ4n) is 4.79. The van der Waals surface area contributed by atoms with Crippen molar-refractivity contribution in [2.75, 3.05) is 19.6 Å². The number of amides is 1. The maximum Gasteiger partial charge on any atom is 0.417 e. The molecule has 1 saturated heterocycles. The number of aliphatic hydroxyl groups excluding tert-OH is 1. The molecular weight excluding hydrogens is 371 g/mol. The zero-order valence-electron chi connectivity index (χ0n) is 15.8. The van der Waals surface area contributed by atoms with Crippen molar-refractivity contribution in [1.82, 2.24) is 14.8 Å². The Morgan fingerprint density at radius 3 is 2.61 bits per heavy atom. The second-order valence-corrected chi connectivity index (χ2v) is 8.27. The van der Waals surface area contributed by atoms with Crippen LogP contribution in [0.3, 0.4) is 0 Å². The SMILES string of the molecule is O=C(C1CCC(N2CCC(O)CC2)C1)N1CCc2ncc(C(F)(F)F)cc2C1. The predicted octanol–water partition coefficient (Wildman–Crippen LogP) is 2.61. The summed E-state index contributed by atoms with van der Waals surface area (Å²) < 4.78 is 38.9. The lowest BCUT2D eigenvalue weighted by atomic mass is 9.99. The smallest absolute Gasteiger partial charge is 0.393 e. The summed E-state index contributed by atoms with van der Waals surface area (Å²) in [5.41, 5.74) is 0.413. The van der Waals surface area contributed by atoms with Gasteiger partial charge in [-0.1, -0.05) is 0 Å². The zero-order valence-corrected chi connectivity index (χ0v) is 15.8. The highest BCUT2D eigenvalue weighted by Crippen LogP contribution is 2.34. The first kappa shape index (κ1) is 19.6. The van der Waals surface area contributed by atoms with Crippen molar-refractivity contribution in [1.29, 1.82) is 0 Å². The van der Waals surface area contributed by atoms with Gasteiger partial charge >= 0.3 is 6.18 Å². The molecule has 0 bridgehead atoms. The van der Waals surface area contributed by atoms with Gasteiger partial charge in [0, 0.05) is 56.5 Å². The van der Waals surface area contributed by atoms with Crippen LogP contribution >= 0.6 is 0 Å². The number of aliphatic hydroxyl groups is 1. The molecule has 0 radical (unpaired) electrons. The number of hydrogen-bond acceptors (Lipinski definition) is 4. The van der Waals surface area contributed by atoms with Gasteiger partial charge in [0.05, 0.1) is 11.7 Å². The lowest BCUT2D eigenvalue weighted by Gasteiger charge is -2.35. The van der Waals surface area contributed by atoms with Crippen LogP contribution in [0.1, 0.15) is 48.9 Å². The second kappa shape index (κ2) is 7.63. The molecule has 2 aliphatic heterocycles. The number of carbonyl (C=O) groups is 1. The Morgan fingerprint density at radius 1 is 1.14 bits per heavy atom. The first-order valence-electron chi connectivity index (χ1n) is 10.1. The van der Waals surface area contributed by atoms with E-state index in [9.17, 15) is 23.1 Å². The summed E-state index contributed by atoms with van der Waals surface area (Å²) in [6.07, 6.45) is 0.919. The summed E-state index contributed by atoms with van der Waals surface area (Å²) in [6, 6.07) is 1.51. The molecule has 3 aliphatic rings. The van der Waals surface area contributed by atoms with Crippen LogP contribution in [0, 0.1) is 5.92 Å². The number of likely N-dealkylation sites (tertiary alicyclic amines) is 1. The number of carbonyl (C=O) groups excluding carboxylic acids is 1. The molecular formula is C20H26F3N3O2. The normalized spacial score (nSPS) is 27.1. The Labute approximate surface area is 162 Å². The van der Waals surface area contributed by atoms with Crippen molar-refractivity contribution >= 4 is 5.91 Å². The molecule has 5 nitrogen and oxygen atoms in total. The van der Waals surface area contributed by atoms with Crippen LogP contribution < -0.4 is 0 Å². The molecule has 1 aromatic rings. The van der Waals surface area contributed by atoms with Gasteiger partial charge in [-0.2, -0.15) is 13.2 Å². The van der Waals surface area contributed by atoms with E-state index in [1.54, 1.807) is 4.90 Å². The number of alkyl halides is 3.